The zero-order valence-corrected chi connectivity index (χ0v) is 11.4. The molecule has 3 nitrogen and oxygen atoms in total. The molecule has 2 atom stereocenters. The summed E-state index contributed by atoms with van der Waals surface area (Å²) in [5.41, 5.74) is 4.36. The topological polar surface area (TPSA) is 47.3 Å². The number of nitrogens with one attached hydrogen (secondary N) is 1. The number of halogens is 1. The molecule has 0 fully saturated rings. The highest BCUT2D eigenvalue weighted by Gasteiger charge is 2.23. The van der Waals surface area contributed by atoms with Gasteiger partial charge in [-0.05, 0) is 23.6 Å². The minimum Gasteiger partial charge on any atom is -0.375 e. The minimum atomic E-state index is -0.235. The zero-order chi connectivity index (χ0) is 14.4. The summed E-state index contributed by atoms with van der Waals surface area (Å²) in [6, 6.07) is 16.3. The van der Waals surface area contributed by atoms with Gasteiger partial charge >= 0.3 is 0 Å². The summed E-state index contributed by atoms with van der Waals surface area (Å²) in [5.74, 6) is 5.41. The molecular weight excluding hydrogens is 255 g/mol. The first-order valence-electron chi connectivity index (χ1n) is 6.53. The van der Waals surface area contributed by atoms with E-state index < -0.39 is 0 Å². The number of hydrogen-bond acceptors (Lipinski definition) is 3. The molecule has 20 heavy (non-hydrogen) atoms. The number of nitrogens with two attached hydrogens (primary N) is 1. The molecule has 0 amide bonds. The van der Waals surface area contributed by atoms with Crippen LogP contribution in [-0.2, 0) is 11.2 Å². The summed E-state index contributed by atoms with van der Waals surface area (Å²) >= 11 is 0. The predicted octanol–water partition coefficient (Wildman–Crippen LogP) is 2.59. The first-order valence-corrected chi connectivity index (χ1v) is 6.53. The van der Waals surface area contributed by atoms with E-state index in [1.165, 1.54) is 6.07 Å². The van der Waals surface area contributed by atoms with Gasteiger partial charge in [0.05, 0.1) is 12.1 Å². The third-order valence-corrected chi connectivity index (χ3v) is 3.36. The number of hydrazine groups is 1. The lowest BCUT2D eigenvalue weighted by Crippen LogP contribution is -2.42. The molecule has 2 rings (SSSR count). The number of rotatable bonds is 6. The number of ether oxygens (including phenoxy) is 1. The summed E-state index contributed by atoms with van der Waals surface area (Å²) < 4.78 is 19.3. The van der Waals surface area contributed by atoms with E-state index >= 15 is 0 Å². The molecule has 0 heterocycles. The van der Waals surface area contributed by atoms with Crippen molar-refractivity contribution in [2.75, 3.05) is 7.11 Å². The van der Waals surface area contributed by atoms with Crippen molar-refractivity contribution in [3.8, 4) is 0 Å². The van der Waals surface area contributed by atoms with Gasteiger partial charge < -0.3 is 4.74 Å². The smallest absolute Gasteiger partial charge is 0.126 e. The van der Waals surface area contributed by atoms with Gasteiger partial charge in [0.15, 0.2) is 0 Å². The molecule has 0 aliphatic rings. The fourth-order valence-corrected chi connectivity index (χ4v) is 2.33. The van der Waals surface area contributed by atoms with Gasteiger partial charge in [0.25, 0.3) is 0 Å². The van der Waals surface area contributed by atoms with Crippen molar-refractivity contribution in [1.82, 2.24) is 5.43 Å². The molecule has 0 spiro atoms. The minimum absolute atomic E-state index is 0.209. The van der Waals surface area contributed by atoms with Crippen LogP contribution in [0.1, 0.15) is 17.2 Å². The second-order valence-electron chi connectivity index (χ2n) is 4.64. The Bertz CT molecular complexity index is 533. The van der Waals surface area contributed by atoms with Crippen molar-refractivity contribution >= 4 is 0 Å². The Balaban J connectivity index is 2.20. The highest BCUT2D eigenvalue weighted by molar-refractivity contribution is 5.23. The average molecular weight is 274 g/mol. The van der Waals surface area contributed by atoms with E-state index in [9.17, 15) is 4.39 Å². The van der Waals surface area contributed by atoms with Gasteiger partial charge in [0.2, 0.25) is 0 Å². The van der Waals surface area contributed by atoms with Gasteiger partial charge in [-0.25, -0.2) is 4.39 Å². The Morgan fingerprint density at radius 1 is 1.10 bits per heavy atom. The Morgan fingerprint density at radius 2 is 1.75 bits per heavy atom. The van der Waals surface area contributed by atoms with Crippen LogP contribution in [0.4, 0.5) is 4.39 Å². The molecule has 106 valence electrons. The largest absolute Gasteiger partial charge is 0.375 e. The maximum Gasteiger partial charge on any atom is 0.126 e. The second kappa shape index (κ2) is 7.14. The fraction of sp³-hybridized carbons (Fsp3) is 0.250. The third-order valence-electron chi connectivity index (χ3n) is 3.36. The van der Waals surface area contributed by atoms with Gasteiger partial charge in [-0.3, -0.25) is 11.3 Å². The van der Waals surface area contributed by atoms with Crippen molar-refractivity contribution in [3.63, 3.8) is 0 Å². The van der Waals surface area contributed by atoms with E-state index in [0.29, 0.717) is 12.0 Å². The second-order valence-corrected chi connectivity index (χ2v) is 4.64. The normalized spacial score (nSPS) is 13.9. The average Bonchev–Trinajstić information content (AvgIpc) is 2.50. The van der Waals surface area contributed by atoms with Crippen molar-refractivity contribution in [1.29, 1.82) is 0 Å². The molecule has 0 aliphatic carbocycles. The predicted molar refractivity (Wildman–Crippen MR) is 77.4 cm³/mol. The number of methoxy groups -OCH3 is 1. The van der Waals surface area contributed by atoms with Crippen LogP contribution in [0, 0.1) is 5.82 Å². The van der Waals surface area contributed by atoms with E-state index in [-0.39, 0.29) is 18.0 Å². The molecule has 0 aromatic heterocycles. The van der Waals surface area contributed by atoms with Crippen LogP contribution in [0.2, 0.25) is 0 Å². The Kier molecular flexibility index (Phi) is 5.24. The van der Waals surface area contributed by atoms with Gasteiger partial charge in [-0.15, -0.1) is 0 Å². The van der Waals surface area contributed by atoms with E-state index in [1.54, 1.807) is 19.2 Å². The monoisotopic (exact) mass is 274 g/mol. The fourth-order valence-electron chi connectivity index (χ4n) is 2.33. The summed E-state index contributed by atoms with van der Waals surface area (Å²) in [5, 5.41) is 0. The van der Waals surface area contributed by atoms with Gasteiger partial charge in [-0.1, -0.05) is 48.5 Å². The molecule has 0 radical (unpaired) electrons. The van der Waals surface area contributed by atoms with Gasteiger partial charge in [0.1, 0.15) is 5.82 Å². The lowest BCUT2D eigenvalue weighted by molar-refractivity contribution is 0.0676. The highest BCUT2D eigenvalue weighted by atomic mass is 19.1. The maximum absolute atomic E-state index is 13.7. The first-order chi connectivity index (χ1) is 9.76. The summed E-state index contributed by atoms with van der Waals surface area (Å²) in [4.78, 5) is 0. The van der Waals surface area contributed by atoms with Crippen LogP contribution >= 0.6 is 0 Å². The lowest BCUT2D eigenvalue weighted by Gasteiger charge is -2.26. The lowest BCUT2D eigenvalue weighted by atomic mass is 9.96. The molecule has 2 aromatic carbocycles. The van der Waals surface area contributed by atoms with Crippen LogP contribution in [0.15, 0.2) is 54.6 Å². The van der Waals surface area contributed by atoms with Gasteiger partial charge in [-0.2, -0.15) is 0 Å². The molecule has 4 heteroatoms. The molecule has 0 bridgehead atoms. The molecule has 2 aromatic rings. The van der Waals surface area contributed by atoms with Gasteiger partial charge in [0, 0.05) is 7.11 Å². The molecular formula is C16H19FN2O. The zero-order valence-electron chi connectivity index (χ0n) is 11.4. The van der Waals surface area contributed by atoms with Crippen LogP contribution in [0.25, 0.3) is 0 Å². The van der Waals surface area contributed by atoms with Crippen LogP contribution in [0.3, 0.4) is 0 Å². The molecule has 0 aliphatic heterocycles. The Morgan fingerprint density at radius 3 is 2.35 bits per heavy atom. The van der Waals surface area contributed by atoms with Crippen molar-refractivity contribution in [2.45, 2.75) is 18.6 Å². The molecule has 2 unspecified atom stereocenters. The van der Waals surface area contributed by atoms with Crippen molar-refractivity contribution < 1.29 is 9.13 Å². The third kappa shape index (κ3) is 3.42. The number of hydrogen-bond donors (Lipinski definition) is 2. The molecule has 0 saturated heterocycles. The Labute approximate surface area is 118 Å². The van der Waals surface area contributed by atoms with Crippen LogP contribution in [0.5, 0.6) is 0 Å². The van der Waals surface area contributed by atoms with E-state index in [2.05, 4.69) is 5.43 Å². The van der Waals surface area contributed by atoms with Crippen molar-refractivity contribution in [2.24, 2.45) is 5.84 Å². The Hall–Kier alpha value is -1.75. The van der Waals surface area contributed by atoms with Crippen molar-refractivity contribution in [3.05, 3.63) is 71.5 Å². The SMILES string of the molecule is COC(c1ccccc1)C(Cc1ccccc1F)NN. The maximum atomic E-state index is 13.7. The first kappa shape index (κ1) is 14.7. The summed E-state index contributed by atoms with van der Waals surface area (Å²) in [7, 11) is 1.63. The number of benzene rings is 2. The van der Waals surface area contributed by atoms with E-state index in [4.69, 9.17) is 10.6 Å². The quantitative estimate of drug-likeness (QED) is 0.629. The summed E-state index contributed by atoms with van der Waals surface area (Å²) in [6.07, 6.45) is 0.220. The summed E-state index contributed by atoms with van der Waals surface area (Å²) in [6.45, 7) is 0. The van der Waals surface area contributed by atoms with Crippen LogP contribution < -0.4 is 11.3 Å². The van der Waals surface area contributed by atoms with E-state index in [1.807, 2.05) is 36.4 Å². The standard InChI is InChI=1S/C16H19FN2O/c1-20-16(12-7-3-2-4-8-12)15(19-18)11-13-9-5-6-10-14(13)17/h2-10,15-16,19H,11,18H2,1H3. The molecule has 3 N–H and O–H groups in total. The van der Waals surface area contributed by atoms with E-state index in [0.717, 1.165) is 5.56 Å². The molecule has 0 saturated carbocycles. The van der Waals surface area contributed by atoms with Crippen LogP contribution in [-0.4, -0.2) is 13.2 Å². The highest BCUT2D eigenvalue weighted by Crippen LogP contribution is 2.23.